The average Bonchev–Trinajstić information content (AvgIpc) is 3.15. The fourth-order valence-corrected chi connectivity index (χ4v) is 3.49. The molecule has 1 unspecified atom stereocenters. The van der Waals surface area contributed by atoms with Crippen molar-refractivity contribution in [3.05, 3.63) is 26.6 Å². The van der Waals surface area contributed by atoms with Crippen LogP contribution in [0.2, 0.25) is 0 Å². The van der Waals surface area contributed by atoms with E-state index in [0.29, 0.717) is 11.6 Å². The summed E-state index contributed by atoms with van der Waals surface area (Å²) in [6, 6.07) is 4.05. The Labute approximate surface area is 130 Å². The third-order valence-corrected chi connectivity index (χ3v) is 4.32. The fourth-order valence-electron chi connectivity index (χ4n) is 2.15. The summed E-state index contributed by atoms with van der Waals surface area (Å²) < 4.78 is 6.55. The van der Waals surface area contributed by atoms with Crippen LogP contribution in [0.5, 0.6) is 0 Å². The van der Waals surface area contributed by atoms with Crippen molar-refractivity contribution in [1.82, 2.24) is 0 Å². The second-order valence-electron chi connectivity index (χ2n) is 5.03. The molecule has 2 rings (SSSR count). The van der Waals surface area contributed by atoms with Crippen molar-refractivity contribution >= 4 is 43.5 Å². The molecule has 0 saturated heterocycles. The molecule has 1 aromatic carbocycles. The van der Waals surface area contributed by atoms with Crippen molar-refractivity contribution < 1.29 is 9.53 Å². The number of hydrogen-bond acceptors (Lipinski definition) is 3. The van der Waals surface area contributed by atoms with Crippen molar-refractivity contribution in [3.8, 4) is 0 Å². The number of benzene rings is 1. The number of halogens is 2. The van der Waals surface area contributed by atoms with Gasteiger partial charge in [0.05, 0.1) is 18.4 Å². The summed E-state index contributed by atoms with van der Waals surface area (Å²) in [4.78, 5) is 11.9. The van der Waals surface area contributed by atoms with E-state index in [4.69, 9.17) is 4.74 Å². The largest absolute Gasteiger partial charge is 0.465 e. The van der Waals surface area contributed by atoms with Gasteiger partial charge in [-0.3, -0.25) is 0 Å². The molecule has 0 aliphatic heterocycles. The van der Waals surface area contributed by atoms with Gasteiger partial charge in [0.15, 0.2) is 0 Å². The number of methoxy groups -OCH3 is 1. The highest BCUT2D eigenvalue weighted by atomic mass is 79.9. The Balaban J connectivity index is 2.23. The number of carbonyl (C=O) groups excluding carboxylic acids is 1. The van der Waals surface area contributed by atoms with Gasteiger partial charge in [0.25, 0.3) is 0 Å². The molecule has 5 heteroatoms. The lowest BCUT2D eigenvalue weighted by molar-refractivity contribution is 0.0601. The van der Waals surface area contributed by atoms with Crippen molar-refractivity contribution in [2.45, 2.75) is 32.2 Å². The molecule has 1 aromatic rings. The normalized spacial score (nSPS) is 16.0. The molecular formula is C14H17Br2NO2. The summed E-state index contributed by atoms with van der Waals surface area (Å²) in [5, 5.41) is 3.42. The molecule has 1 fully saturated rings. The number of esters is 1. The van der Waals surface area contributed by atoms with Crippen LogP contribution in [0.1, 0.15) is 36.5 Å². The molecular weight excluding hydrogens is 374 g/mol. The minimum atomic E-state index is -0.330. The zero-order valence-corrected chi connectivity index (χ0v) is 14.2. The van der Waals surface area contributed by atoms with Crippen LogP contribution in [0, 0.1) is 5.92 Å². The molecule has 0 aromatic heterocycles. The lowest BCUT2D eigenvalue weighted by Crippen LogP contribution is -2.19. The first-order chi connectivity index (χ1) is 9.01. The van der Waals surface area contributed by atoms with Gasteiger partial charge in [0, 0.05) is 15.0 Å². The maximum atomic E-state index is 11.9. The smallest absolute Gasteiger partial charge is 0.340 e. The zero-order valence-electron chi connectivity index (χ0n) is 11.0. The molecule has 1 saturated carbocycles. The molecule has 1 aliphatic carbocycles. The Morgan fingerprint density at radius 2 is 2.16 bits per heavy atom. The molecule has 1 N–H and O–H groups in total. The number of anilines is 1. The minimum Gasteiger partial charge on any atom is -0.465 e. The highest BCUT2D eigenvalue weighted by Gasteiger charge is 2.25. The Kier molecular flexibility index (Phi) is 4.90. The van der Waals surface area contributed by atoms with Gasteiger partial charge in [0.1, 0.15) is 0 Å². The lowest BCUT2D eigenvalue weighted by atomic mass is 10.1. The third-order valence-electron chi connectivity index (χ3n) is 3.23. The molecule has 0 bridgehead atoms. The molecule has 0 heterocycles. The summed E-state index contributed by atoms with van der Waals surface area (Å²) in [5.74, 6) is 0.515. The molecule has 19 heavy (non-hydrogen) atoms. The van der Waals surface area contributed by atoms with E-state index in [1.165, 1.54) is 20.0 Å². The summed E-state index contributed by atoms with van der Waals surface area (Å²) in [5.41, 5.74) is 1.36. The molecule has 104 valence electrons. The molecule has 0 amide bonds. The predicted molar refractivity (Wildman–Crippen MR) is 83.6 cm³/mol. The second-order valence-corrected chi connectivity index (χ2v) is 6.80. The van der Waals surface area contributed by atoms with Crippen molar-refractivity contribution in [3.63, 3.8) is 0 Å². The molecule has 1 aliphatic rings. The Morgan fingerprint density at radius 1 is 1.47 bits per heavy atom. The van der Waals surface area contributed by atoms with Crippen LogP contribution in [0.3, 0.4) is 0 Å². The minimum absolute atomic E-state index is 0.330. The van der Waals surface area contributed by atoms with E-state index in [2.05, 4.69) is 44.1 Å². The first-order valence-corrected chi connectivity index (χ1v) is 7.93. The van der Waals surface area contributed by atoms with Crippen molar-refractivity contribution in [1.29, 1.82) is 0 Å². The summed E-state index contributed by atoms with van der Waals surface area (Å²) in [6.07, 6.45) is 3.80. The van der Waals surface area contributed by atoms with E-state index in [-0.39, 0.29) is 5.97 Å². The first-order valence-electron chi connectivity index (χ1n) is 6.35. The van der Waals surface area contributed by atoms with Crippen LogP contribution in [0.4, 0.5) is 5.69 Å². The van der Waals surface area contributed by atoms with Crippen LogP contribution < -0.4 is 5.32 Å². The summed E-state index contributed by atoms with van der Waals surface area (Å²) >= 11 is 6.90. The van der Waals surface area contributed by atoms with Gasteiger partial charge in [-0.25, -0.2) is 4.79 Å². The zero-order chi connectivity index (χ0) is 14.0. The number of hydrogen-bond donors (Lipinski definition) is 1. The SMILES string of the molecule is COC(=O)c1cc(Br)cc(Br)c1NC(C)CC1CC1. The molecule has 0 radical (unpaired) electrons. The molecule has 3 nitrogen and oxygen atoms in total. The summed E-state index contributed by atoms with van der Waals surface area (Å²) in [7, 11) is 1.40. The van der Waals surface area contributed by atoms with E-state index in [0.717, 1.165) is 27.0 Å². The van der Waals surface area contributed by atoms with Gasteiger partial charge in [-0.05, 0) is 47.3 Å². The van der Waals surface area contributed by atoms with E-state index >= 15 is 0 Å². The topological polar surface area (TPSA) is 38.3 Å². The number of nitrogens with one attached hydrogen (secondary N) is 1. The molecule has 0 spiro atoms. The first kappa shape index (κ1) is 14.9. The van der Waals surface area contributed by atoms with E-state index < -0.39 is 0 Å². The quantitative estimate of drug-likeness (QED) is 0.746. The summed E-state index contributed by atoms with van der Waals surface area (Å²) in [6.45, 7) is 2.15. The third kappa shape index (κ3) is 3.96. The van der Waals surface area contributed by atoms with Crippen LogP contribution in [-0.2, 0) is 4.74 Å². The van der Waals surface area contributed by atoms with Crippen molar-refractivity contribution in [2.24, 2.45) is 5.92 Å². The van der Waals surface area contributed by atoms with E-state index in [9.17, 15) is 4.79 Å². The maximum absolute atomic E-state index is 11.9. The number of carbonyl (C=O) groups is 1. The standard InChI is InChI=1S/C14H17Br2NO2/c1-8(5-9-3-4-9)17-13-11(14(18)19-2)6-10(15)7-12(13)16/h6-9,17H,3-5H2,1-2H3. The fraction of sp³-hybridized carbons (Fsp3) is 0.500. The number of ether oxygens (including phenoxy) is 1. The Morgan fingerprint density at radius 3 is 2.74 bits per heavy atom. The van der Waals surface area contributed by atoms with Gasteiger partial charge in [-0.2, -0.15) is 0 Å². The van der Waals surface area contributed by atoms with Gasteiger partial charge in [-0.1, -0.05) is 28.8 Å². The maximum Gasteiger partial charge on any atom is 0.340 e. The second kappa shape index (κ2) is 6.27. The van der Waals surface area contributed by atoms with Gasteiger partial charge >= 0.3 is 5.97 Å². The van der Waals surface area contributed by atoms with Gasteiger partial charge < -0.3 is 10.1 Å². The predicted octanol–water partition coefficient (Wildman–Crippen LogP) is 4.60. The van der Waals surface area contributed by atoms with Crippen LogP contribution >= 0.6 is 31.9 Å². The van der Waals surface area contributed by atoms with Gasteiger partial charge in [-0.15, -0.1) is 0 Å². The van der Waals surface area contributed by atoms with Crippen LogP contribution in [0.15, 0.2) is 21.1 Å². The van der Waals surface area contributed by atoms with Crippen LogP contribution in [-0.4, -0.2) is 19.1 Å². The Hall–Kier alpha value is -0.550. The lowest BCUT2D eigenvalue weighted by Gasteiger charge is -2.19. The van der Waals surface area contributed by atoms with E-state index in [1.807, 2.05) is 6.07 Å². The van der Waals surface area contributed by atoms with Crippen molar-refractivity contribution in [2.75, 3.05) is 12.4 Å². The number of rotatable bonds is 5. The Bertz CT molecular complexity index is 487. The average molecular weight is 391 g/mol. The molecule has 1 atom stereocenters. The van der Waals surface area contributed by atoms with Crippen LogP contribution in [0.25, 0.3) is 0 Å². The highest BCUT2D eigenvalue weighted by Crippen LogP contribution is 2.36. The van der Waals surface area contributed by atoms with Gasteiger partial charge in [0.2, 0.25) is 0 Å². The highest BCUT2D eigenvalue weighted by molar-refractivity contribution is 9.11. The monoisotopic (exact) mass is 389 g/mol. The van der Waals surface area contributed by atoms with E-state index in [1.54, 1.807) is 6.07 Å².